The lowest BCUT2D eigenvalue weighted by atomic mass is 10.2. The van der Waals surface area contributed by atoms with E-state index in [-0.39, 0.29) is 11.8 Å². The van der Waals surface area contributed by atoms with Crippen LogP contribution in [0.2, 0.25) is 0 Å². The number of benzene rings is 2. The van der Waals surface area contributed by atoms with Gasteiger partial charge in [0.2, 0.25) is 5.91 Å². The van der Waals surface area contributed by atoms with Crippen LogP contribution in [-0.4, -0.2) is 38.2 Å². The zero-order valence-electron chi connectivity index (χ0n) is 16.7. The summed E-state index contributed by atoms with van der Waals surface area (Å²) in [6, 6.07) is 12.5. The molecule has 2 amide bonds. The molecule has 0 unspecified atom stereocenters. The molecule has 0 radical (unpaired) electrons. The van der Waals surface area contributed by atoms with Gasteiger partial charge in [-0.15, -0.1) is 0 Å². The predicted molar refractivity (Wildman–Crippen MR) is 112 cm³/mol. The molecule has 7 nitrogen and oxygen atoms in total. The maximum absolute atomic E-state index is 12.3. The number of amides is 2. The largest absolute Gasteiger partial charge is 0.496 e. The summed E-state index contributed by atoms with van der Waals surface area (Å²) in [5, 5.41) is 6.67. The Balaban J connectivity index is 2.09. The van der Waals surface area contributed by atoms with Crippen molar-refractivity contribution in [2.45, 2.75) is 20.8 Å². The zero-order valence-corrected chi connectivity index (χ0v) is 16.7. The highest BCUT2D eigenvalue weighted by Gasteiger charge is 2.08. The fourth-order valence-electron chi connectivity index (χ4n) is 2.76. The summed E-state index contributed by atoms with van der Waals surface area (Å²) in [4.78, 5) is 25.6. The Morgan fingerprint density at radius 1 is 1.14 bits per heavy atom. The van der Waals surface area contributed by atoms with E-state index in [1.807, 2.05) is 18.2 Å². The summed E-state index contributed by atoms with van der Waals surface area (Å²) in [5.74, 6) is 0.105. The van der Waals surface area contributed by atoms with Gasteiger partial charge in [0.1, 0.15) is 5.75 Å². The molecular formula is C21H26N4O3. The molecule has 148 valence electrons. The van der Waals surface area contributed by atoms with Gasteiger partial charge in [-0.05, 0) is 44.2 Å². The molecule has 0 fully saturated rings. The molecule has 2 aromatic rings. The first kappa shape index (κ1) is 21.0. The van der Waals surface area contributed by atoms with Crippen LogP contribution in [0.4, 0.5) is 11.4 Å². The fraction of sp³-hybridized carbons (Fsp3) is 0.286. The van der Waals surface area contributed by atoms with Crippen LogP contribution in [0.1, 0.15) is 36.7 Å². The Morgan fingerprint density at radius 2 is 1.89 bits per heavy atom. The van der Waals surface area contributed by atoms with E-state index in [1.165, 1.54) is 6.92 Å². The van der Waals surface area contributed by atoms with Crippen molar-refractivity contribution in [2.24, 2.45) is 5.10 Å². The fourth-order valence-corrected chi connectivity index (χ4v) is 2.76. The van der Waals surface area contributed by atoms with E-state index >= 15 is 0 Å². The molecule has 2 rings (SSSR count). The smallest absolute Gasteiger partial charge is 0.271 e. The number of carbonyl (C=O) groups is 2. The molecule has 0 aromatic heterocycles. The lowest BCUT2D eigenvalue weighted by Gasteiger charge is -2.21. The predicted octanol–water partition coefficient (Wildman–Crippen LogP) is 3.26. The highest BCUT2D eigenvalue weighted by Crippen LogP contribution is 2.24. The highest BCUT2D eigenvalue weighted by atomic mass is 16.5. The molecular weight excluding hydrogens is 356 g/mol. The van der Waals surface area contributed by atoms with Crippen LogP contribution in [0.5, 0.6) is 5.75 Å². The first-order valence-corrected chi connectivity index (χ1v) is 9.12. The van der Waals surface area contributed by atoms with Crippen molar-refractivity contribution in [3.63, 3.8) is 0 Å². The van der Waals surface area contributed by atoms with Gasteiger partial charge in [0.05, 0.1) is 13.3 Å². The number of methoxy groups -OCH3 is 1. The van der Waals surface area contributed by atoms with E-state index in [4.69, 9.17) is 4.74 Å². The molecule has 0 aliphatic carbocycles. The minimum absolute atomic E-state index is 0.198. The van der Waals surface area contributed by atoms with E-state index < -0.39 is 0 Å². The molecule has 2 N–H and O–H groups in total. The minimum Gasteiger partial charge on any atom is -0.496 e. The third-order valence-corrected chi connectivity index (χ3v) is 4.16. The van der Waals surface area contributed by atoms with E-state index in [0.29, 0.717) is 17.0 Å². The second kappa shape index (κ2) is 10.1. The van der Waals surface area contributed by atoms with Crippen LogP contribution in [0, 0.1) is 0 Å². The van der Waals surface area contributed by atoms with Gasteiger partial charge in [-0.3, -0.25) is 9.59 Å². The van der Waals surface area contributed by atoms with Crippen molar-refractivity contribution in [1.29, 1.82) is 0 Å². The summed E-state index contributed by atoms with van der Waals surface area (Å²) in [6.07, 6.45) is 1.54. The number of hydrazone groups is 1. The number of hydrogen-bond donors (Lipinski definition) is 2. The van der Waals surface area contributed by atoms with Gasteiger partial charge >= 0.3 is 0 Å². The maximum Gasteiger partial charge on any atom is 0.271 e. The summed E-state index contributed by atoms with van der Waals surface area (Å²) < 4.78 is 5.45. The van der Waals surface area contributed by atoms with Gasteiger partial charge in [0, 0.05) is 48.6 Å². The molecule has 0 atom stereocenters. The van der Waals surface area contributed by atoms with E-state index in [9.17, 15) is 9.59 Å². The lowest BCUT2D eigenvalue weighted by Crippen LogP contribution is -2.21. The van der Waals surface area contributed by atoms with Gasteiger partial charge in [0.15, 0.2) is 0 Å². The van der Waals surface area contributed by atoms with E-state index in [2.05, 4.69) is 34.6 Å². The molecule has 0 aliphatic heterocycles. The molecule has 0 heterocycles. The third kappa shape index (κ3) is 5.57. The summed E-state index contributed by atoms with van der Waals surface area (Å²) in [7, 11) is 1.60. The van der Waals surface area contributed by atoms with Crippen molar-refractivity contribution in [1.82, 2.24) is 5.43 Å². The second-order valence-corrected chi connectivity index (χ2v) is 6.06. The lowest BCUT2D eigenvalue weighted by molar-refractivity contribution is -0.114. The average molecular weight is 382 g/mol. The van der Waals surface area contributed by atoms with Gasteiger partial charge < -0.3 is 15.0 Å². The molecule has 0 aliphatic rings. The summed E-state index contributed by atoms with van der Waals surface area (Å²) in [6.45, 7) is 7.42. The standard InChI is InChI=1S/C21H26N4O3/c1-5-25(6-2)19-11-10-17(20(13-19)28-4)14-22-24-21(27)16-8-7-9-18(12-16)23-15(3)26/h7-14H,5-6H2,1-4H3,(H,23,26)(H,24,27). The molecule has 0 spiro atoms. The van der Waals surface area contributed by atoms with Crippen molar-refractivity contribution >= 4 is 29.4 Å². The van der Waals surface area contributed by atoms with Crippen LogP contribution in [-0.2, 0) is 4.79 Å². The van der Waals surface area contributed by atoms with Gasteiger partial charge in [-0.25, -0.2) is 5.43 Å². The average Bonchev–Trinajstić information content (AvgIpc) is 2.69. The number of rotatable bonds is 8. The number of nitrogens with zero attached hydrogens (tertiary/aromatic N) is 2. The van der Waals surface area contributed by atoms with Crippen LogP contribution in [0.3, 0.4) is 0 Å². The Morgan fingerprint density at radius 3 is 2.54 bits per heavy atom. The number of nitrogens with one attached hydrogen (secondary N) is 2. The summed E-state index contributed by atoms with van der Waals surface area (Å²) in [5.41, 5.74) is 5.26. The normalized spacial score (nSPS) is 10.6. The van der Waals surface area contributed by atoms with Crippen LogP contribution in [0.15, 0.2) is 47.6 Å². The SMILES string of the molecule is CCN(CC)c1ccc(C=NNC(=O)c2cccc(NC(C)=O)c2)c(OC)c1. The van der Waals surface area contributed by atoms with Crippen molar-refractivity contribution in [2.75, 3.05) is 30.4 Å². The first-order chi connectivity index (χ1) is 13.5. The first-order valence-electron chi connectivity index (χ1n) is 9.12. The molecule has 7 heteroatoms. The Bertz CT molecular complexity index is 860. The molecule has 0 saturated carbocycles. The Labute approximate surface area is 165 Å². The second-order valence-electron chi connectivity index (χ2n) is 6.06. The number of carbonyl (C=O) groups excluding carboxylic acids is 2. The monoisotopic (exact) mass is 382 g/mol. The van der Waals surface area contributed by atoms with Crippen LogP contribution >= 0.6 is 0 Å². The van der Waals surface area contributed by atoms with Crippen molar-refractivity contribution in [3.8, 4) is 5.75 Å². The number of anilines is 2. The van der Waals surface area contributed by atoms with E-state index in [0.717, 1.165) is 24.3 Å². The summed E-state index contributed by atoms with van der Waals surface area (Å²) >= 11 is 0. The topological polar surface area (TPSA) is 83.0 Å². The number of ether oxygens (including phenoxy) is 1. The van der Waals surface area contributed by atoms with E-state index in [1.54, 1.807) is 37.6 Å². The van der Waals surface area contributed by atoms with Crippen molar-refractivity contribution < 1.29 is 14.3 Å². The van der Waals surface area contributed by atoms with Gasteiger partial charge in [-0.1, -0.05) is 6.07 Å². The molecule has 0 bridgehead atoms. The van der Waals surface area contributed by atoms with Crippen LogP contribution < -0.4 is 20.4 Å². The third-order valence-electron chi connectivity index (χ3n) is 4.16. The van der Waals surface area contributed by atoms with Crippen molar-refractivity contribution in [3.05, 3.63) is 53.6 Å². The highest BCUT2D eigenvalue weighted by molar-refractivity contribution is 5.97. The van der Waals surface area contributed by atoms with Crippen LogP contribution in [0.25, 0.3) is 0 Å². The quantitative estimate of drug-likeness (QED) is 0.542. The molecule has 28 heavy (non-hydrogen) atoms. The Kier molecular flexibility index (Phi) is 7.56. The minimum atomic E-state index is -0.373. The van der Waals surface area contributed by atoms with Gasteiger partial charge in [-0.2, -0.15) is 5.10 Å². The van der Waals surface area contributed by atoms with Gasteiger partial charge in [0.25, 0.3) is 5.91 Å². The Hall–Kier alpha value is -3.35. The molecule has 0 saturated heterocycles. The number of hydrogen-bond acceptors (Lipinski definition) is 5. The zero-order chi connectivity index (χ0) is 20.5. The maximum atomic E-state index is 12.3. The molecule has 2 aromatic carbocycles.